The Morgan fingerprint density at radius 3 is 2.61 bits per heavy atom. The van der Waals surface area contributed by atoms with Gasteiger partial charge in [-0.15, -0.1) is 12.4 Å². The van der Waals surface area contributed by atoms with Crippen LogP contribution < -0.4 is 10.6 Å². The molecule has 3 rings (SSSR count). The maximum absolute atomic E-state index is 5.86. The molecule has 2 nitrogen and oxygen atoms in total. The van der Waals surface area contributed by atoms with E-state index in [9.17, 15) is 0 Å². The molecule has 0 bridgehead atoms. The number of nitrogen functional groups attached to an aromatic ring is 1. The van der Waals surface area contributed by atoms with Gasteiger partial charge in [0.1, 0.15) is 0 Å². The molecular weight excluding hydrogens is 244 g/mol. The summed E-state index contributed by atoms with van der Waals surface area (Å²) in [6.45, 7) is 2.06. The number of nitrogens with zero attached hydrogens (tertiary/aromatic N) is 1. The van der Waals surface area contributed by atoms with E-state index in [1.54, 1.807) is 0 Å². The average molecular weight is 261 g/mol. The molecule has 1 aliphatic heterocycles. The van der Waals surface area contributed by atoms with E-state index in [4.69, 9.17) is 5.73 Å². The van der Waals surface area contributed by atoms with Crippen molar-refractivity contribution >= 4 is 23.8 Å². The third-order valence-corrected chi connectivity index (χ3v) is 3.32. The van der Waals surface area contributed by atoms with Gasteiger partial charge >= 0.3 is 0 Å². The molecule has 0 amide bonds. The summed E-state index contributed by atoms with van der Waals surface area (Å²) in [5.41, 5.74) is 10.8. The zero-order valence-corrected chi connectivity index (χ0v) is 11.0. The molecule has 3 heteroatoms. The summed E-state index contributed by atoms with van der Waals surface area (Å²) < 4.78 is 0. The lowest BCUT2D eigenvalue weighted by molar-refractivity contribution is 0.836. The van der Waals surface area contributed by atoms with E-state index in [1.165, 1.54) is 16.8 Å². The van der Waals surface area contributed by atoms with Crippen molar-refractivity contribution in [2.75, 3.05) is 17.2 Å². The Bertz CT molecular complexity index is 525. The van der Waals surface area contributed by atoms with E-state index in [0.717, 1.165) is 25.2 Å². The van der Waals surface area contributed by atoms with Gasteiger partial charge in [-0.1, -0.05) is 36.4 Å². The Labute approximate surface area is 114 Å². The number of hydrogen-bond acceptors (Lipinski definition) is 2. The monoisotopic (exact) mass is 260 g/mol. The fourth-order valence-electron chi connectivity index (χ4n) is 2.43. The maximum atomic E-state index is 5.86. The van der Waals surface area contributed by atoms with Crippen molar-refractivity contribution < 1.29 is 0 Å². The molecule has 0 aliphatic carbocycles. The van der Waals surface area contributed by atoms with Crippen molar-refractivity contribution in [2.45, 2.75) is 13.0 Å². The molecular formula is C15H17ClN2. The van der Waals surface area contributed by atoms with E-state index in [2.05, 4.69) is 47.4 Å². The predicted molar refractivity (Wildman–Crippen MR) is 79.3 cm³/mol. The minimum Gasteiger partial charge on any atom is -0.399 e. The highest BCUT2D eigenvalue weighted by molar-refractivity contribution is 5.85. The molecule has 0 aromatic heterocycles. The molecule has 2 aromatic rings. The number of nitrogens with two attached hydrogens (primary N) is 1. The Morgan fingerprint density at radius 1 is 1.06 bits per heavy atom. The first-order valence-corrected chi connectivity index (χ1v) is 6.00. The highest BCUT2D eigenvalue weighted by Gasteiger charge is 2.18. The van der Waals surface area contributed by atoms with Gasteiger partial charge in [-0.2, -0.15) is 0 Å². The average Bonchev–Trinajstić information content (AvgIpc) is 2.73. The SMILES string of the molecule is Cl.Nc1ccc2c(c1)N(Cc1ccccc1)CC2. The number of hydrogen-bond donors (Lipinski definition) is 1. The van der Waals surface area contributed by atoms with Crippen LogP contribution in [0.25, 0.3) is 0 Å². The zero-order chi connectivity index (χ0) is 11.7. The van der Waals surface area contributed by atoms with Gasteiger partial charge < -0.3 is 10.6 Å². The highest BCUT2D eigenvalue weighted by Crippen LogP contribution is 2.30. The molecule has 1 aliphatic rings. The molecule has 0 saturated carbocycles. The lowest BCUT2D eigenvalue weighted by atomic mass is 10.1. The number of benzene rings is 2. The Balaban J connectivity index is 0.00000120. The third kappa shape index (κ3) is 2.44. The molecule has 2 aromatic carbocycles. The summed E-state index contributed by atoms with van der Waals surface area (Å²) in [4.78, 5) is 2.40. The summed E-state index contributed by atoms with van der Waals surface area (Å²) in [5, 5.41) is 0. The predicted octanol–water partition coefficient (Wildman–Crippen LogP) is 3.25. The summed E-state index contributed by atoms with van der Waals surface area (Å²) >= 11 is 0. The minimum absolute atomic E-state index is 0. The van der Waals surface area contributed by atoms with E-state index < -0.39 is 0 Å². The smallest absolute Gasteiger partial charge is 0.0429 e. The summed E-state index contributed by atoms with van der Waals surface area (Å²) in [5.74, 6) is 0. The quantitative estimate of drug-likeness (QED) is 0.840. The summed E-state index contributed by atoms with van der Waals surface area (Å²) in [6.07, 6.45) is 1.13. The van der Waals surface area contributed by atoms with Crippen LogP contribution in [0.3, 0.4) is 0 Å². The van der Waals surface area contributed by atoms with Gasteiger partial charge in [0.15, 0.2) is 0 Å². The topological polar surface area (TPSA) is 29.3 Å². The molecule has 1 heterocycles. The van der Waals surface area contributed by atoms with Crippen molar-refractivity contribution in [3.8, 4) is 0 Å². The normalized spacial score (nSPS) is 13.0. The molecule has 2 N–H and O–H groups in total. The zero-order valence-electron chi connectivity index (χ0n) is 10.2. The van der Waals surface area contributed by atoms with Crippen LogP contribution in [-0.4, -0.2) is 6.54 Å². The molecule has 0 atom stereocenters. The largest absolute Gasteiger partial charge is 0.399 e. The molecule has 0 unspecified atom stereocenters. The van der Waals surface area contributed by atoms with Crippen molar-refractivity contribution in [1.29, 1.82) is 0 Å². The second kappa shape index (κ2) is 5.32. The van der Waals surface area contributed by atoms with Crippen molar-refractivity contribution in [3.63, 3.8) is 0 Å². The standard InChI is InChI=1S/C15H16N2.ClH/c16-14-7-6-13-8-9-17(15(13)10-14)11-12-4-2-1-3-5-12;/h1-7,10H,8-9,11,16H2;1H. The highest BCUT2D eigenvalue weighted by atomic mass is 35.5. The first-order valence-electron chi connectivity index (χ1n) is 6.00. The molecule has 0 fully saturated rings. The Kier molecular flexibility index (Phi) is 3.78. The van der Waals surface area contributed by atoms with Crippen LogP contribution in [0.2, 0.25) is 0 Å². The van der Waals surface area contributed by atoms with Crippen LogP contribution in [0.5, 0.6) is 0 Å². The van der Waals surface area contributed by atoms with E-state index in [-0.39, 0.29) is 12.4 Å². The van der Waals surface area contributed by atoms with E-state index in [0.29, 0.717) is 0 Å². The molecule has 0 radical (unpaired) electrons. The lowest BCUT2D eigenvalue weighted by Gasteiger charge is -2.19. The Hall–Kier alpha value is -1.67. The Morgan fingerprint density at radius 2 is 1.83 bits per heavy atom. The van der Waals surface area contributed by atoms with Crippen molar-refractivity contribution in [2.24, 2.45) is 0 Å². The molecule has 0 saturated heterocycles. The molecule has 94 valence electrons. The maximum Gasteiger partial charge on any atom is 0.0429 e. The number of rotatable bonds is 2. The molecule has 0 spiro atoms. The summed E-state index contributed by atoms with van der Waals surface area (Å²) in [7, 11) is 0. The van der Waals surface area contributed by atoms with Crippen LogP contribution >= 0.6 is 12.4 Å². The van der Waals surface area contributed by atoms with Crippen LogP contribution in [0, 0.1) is 0 Å². The fraction of sp³-hybridized carbons (Fsp3) is 0.200. The fourth-order valence-corrected chi connectivity index (χ4v) is 2.43. The minimum atomic E-state index is 0. The van der Waals surface area contributed by atoms with Gasteiger partial charge in [-0.05, 0) is 29.7 Å². The number of anilines is 2. The third-order valence-electron chi connectivity index (χ3n) is 3.32. The van der Waals surface area contributed by atoms with Crippen LogP contribution in [0.4, 0.5) is 11.4 Å². The lowest BCUT2D eigenvalue weighted by Crippen LogP contribution is -2.19. The first-order chi connectivity index (χ1) is 8.33. The summed E-state index contributed by atoms with van der Waals surface area (Å²) in [6, 6.07) is 16.8. The van der Waals surface area contributed by atoms with Crippen LogP contribution in [0.1, 0.15) is 11.1 Å². The van der Waals surface area contributed by atoms with Gasteiger partial charge in [0.05, 0.1) is 0 Å². The second-order valence-corrected chi connectivity index (χ2v) is 4.55. The van der Waals surface area contributed by atoms with Crippen LogP contribution in [0.15, 0.2) is 48.5 Å². The van der Waals surface area contributed by atoms with Gasteiger partial charge in [0.2, 0.25) is 0 Å². The molecule has 18 heavy (non-hydrogen) atoms. The van der Waals surface area contributed by atoms with Crippen LogP contribution in [-0.2, 0) is 13.0 Å². The van der Waals surface area contributed by atoms with Gasteiger partial charge in [-0.25, -0.2) is 0 Å². The number of fused-ring (bicyclic) bond motifs is 1. The first kappa shape index (κ1) is 12.8. The number of halogens is 1. The van der Waals surface area contributed by atoms with Gasteiger partial charge in [0, 0.05) is 24.5 Å². The van der Waals surface area contributed by atoms with Gasteiger partial charge in [0.25, 0.3) is 0 Å². The van der Waals surface area contributed by atoms with E-state index in [1.807, 2.05) is 6.07 Å². The second-order valence-electron chi connectivity index (χ2n) is 4.55. The van der Waals surface area contributed by atoms with Crippen molar-refractivity contribution in [3.05, 3.63) is 59.7 Å². The van der Waals surface area contributed by atoms with Gasteiger partial charge in [-0.3, -0.25) is 0 Å². The van der Waals surface area contributed by atoms with Crippen molar-refractivity contribution in [1.82, 2.24) is 0 Å². The van der Waals surface area contributed by atoms with E-state index >= 15 is 0 Å².